The predicted octanol–water partition coefficient (Wildman–Crippen LogP) is 2.53. The van der Waals surface area contributed by atoms with E-state index in [1.165, 1.54) is 25.6 Å². The molecule has 0 aliphatic heterocycles. The van der Waals surface area contributed by atoms with Crippen LogP contribution in [-0.2, 0) is 19.0 Å². The normalized spacial score (nSPS) is 11.7. The number of hydrogen-bond donors (Lipinski definition) is 2. The molecule has 2 heterocycles. The first-order chi connectivity index (χ1) is 13.4. The topological polar surface area (TPSA) is 107 Å². The van der Waals surface area contributed by atoms with Gasteiger partial charge in [0, 0.05) is 17.7 Å². The van der Waals surface area contributed by atoms with Gasteiger partial charge < -0.3 is 24.5 Å². The van der Waals surface area contributed by atoms with Crippen LogP contribution in [0.1, 0.15) is 49.4 Å². The van der Waals surface area contributed by atoms with E-state index in [4.69, 9.17) is 14.2 Å². The summed E-state index contributed by atoms with van der Waals surface area (Å²) >= 11 is 1.43. The van der Waals surface area contributed by atoms with Gasteiger partial charge in [-0.05, 0) is 30.9 Å². The van der Waals surface area contributed by atoms with Gasteiger partial charge in [0.05, 0.1) is 31.7 Å². The van der Waals surface area contributed by atoms with Crippen LogP contribution < -0.4 is 5.32 Å². The molecular formula is C19H24N2O6S. The predicted molar refractivity (Wildman–Crippen MR) is 104 cm³/mol. The molecule has 0 aliphatic rings. The third-order valence-corrected chi connectivity index (χ3v) is 5.17. The van der Waals surface area contributed by atoms with E-state index in [0.29, 0.717) is 16.8 Å². The average Bonchev–Trinajstić information content (AvgIpc) is 3.29. The van der Waals surface area contributed by atoms with Crippen LogP contribution in [-0.4, -0.2) is 50.3 Å². The molecule has 1 unspecified atom stereocenters. The minimum Gasteiger partial charge on any atom is -0.469 e. The lowest BCUT2D eigenvalue weighted by Gasteiger charge is -2.16. The molecule has 8 nitrogen and oxygen atoms in total. The van der Waals surface area contributed by atoms with Crippen LogP contribution in [0.15, 0.2) is 17.5 Å². The van der Waals surface area contributed by atoms with E-state index in [2.05, 4.69) is 10.3 Å². The molecule has 0 fully saturated rings. The highest BCUT2D eigenvalue weighted by Gasteiger charge is 2.26. The maximum Gasteiger partial charge on any atom is 0.340 e. The fourth-order valence-corrected chi connectivity index (χ4v) is 3.54. The molecule has 152 valence electrons. The molecule has 0 radical (unpaired) electrons. The third-order valence-electron chi connectivity index (χ3n) is 4.18. The molecule has 0 saturated heterocycles. The van der Waals surface area contributed by atoms with Crippen molar-refractivity contribution in [3.8, 4) is 0 Å². The summed E-state index contributed by atoms with van der Waals surface area (Å²) in [5, 5.41) is 4.71. The summed E-state index contributed by atoms with van der Waals surface area (Å²) < 4.78 is 14.7. The van der Waals surface area contributed by atoms with Crippen LogP contribution >= 0.6 is 11.3 Å². The van der Waals surface area contributed by atoms with Crippen LogP contribution in [0.3, 0.4) is 0 Å². The van der Waals surface area contributed by atoms with Crippen molar-refractivity contribution in [1.29, 1.82) is 0 Å². The molecule has 0 aliphatic carbocycles. The van der Waals surface area contributed by atoms with Crippen molar-refractivity contribution in [2.24, 2.45) is 0 Å². The Labute approximate surface area is 167 Å². The zero-order chi connectivity index (χ0) is 20.7. The molecule has 0 spiro atoms. The molecule has 0 saturated carbocycles. The maximum atomic E-state index is 12.8. The smallest absolute Gasteiger partial charge is 0.340 e. The SMILES string of the molecule is COCCOC(=O)c1c(C)[nH]c(C(=O)NC(CC(=O)OC)c2cccs2)c1C. The molecule has 2 aromatic heterocycles. The molecule has 2 N–H and O–H groups in total. The van der Waals surface area contributed by atoms with E-state index >= 15 is 0 Å². The number of esters is 2. The Kier molecular flexibility index (Phi) is 7.77. The second-order valence-electron chi connectivity index (χ2n) is 6.08. The summed E-state index contributed by atoms with van der Waals surface area (Å²) in [6, 6.07) is 3.15. The zero-order valence-electron chi connectivity index (χ0n) is 16.3. The lowest BCUT2D eigenvalue weighted by Crippen LogP contribution is -2.30. The van der Waals surface area contributed by atoms with Crippen molar-refractivity contribution < 1.29 is 28.6 Å². The number of aromatic nitrogens is 1. The summed E-state index contributed by atoms with van der Waals surface area (Å²) in [5.74, 6) is -1.37. The number of amides is 1. The van der Waals surface area contributed by atoms with Crippen molar-refractivity contribution >= 4 is 29.2 Å². The van der Waals surface area contributed by atoms with Crippen LogP contribution in [0.4, 0.5) is 0 Å². The molecule has 1 amide bonds. The number of aromatic amines is 1. The molecule has 2 rings (SSSR count). The standard InChI is InChI=1S/C19H24N2O6S/c1-11-16(19(24)27-8-7-25-3)12(2)20-17(11)18(23)21-13(10-15(22)26-4)14-6-5-9-28-14/h5-6,9,13,20H,7-8,10H2,1-4H3,(H,21,23). The van der Waals surface area contributed by atoms with Gasteiger partial charge in [-0.2, -0.15) is 0 Å². The minimum atomic E-state index is -0.528. The lowest BCUT2D eigenvalue weighted by atomic mass is 10.1. The molecule has 0 bridgehead atoms. The van der Waals surface area contributed by atoms with Crippen molar-refractivity contribution in [1.82, 2.24) is 10.3 Å². The molecule has 1 atom stereocenters. The molecule has 0 aromatic carbocycles. The maximum absolute atomic E-state index is 12.8. The second kappa shape index (κ2) is 10.0. The number of carbonyl (C=O) groups excluding carboxylic acids is 3. The Balaban J connectivity index is 2.19. The largest absolute Gasteiger partial charge is 0.469 e. The fourth-order valence-electron chi connectivity index (χ4n) is 2.77. The molecule has 9 heteroatoms. The fraction of sp³-hybridized carbons (Fsp3) is 0.421. The Bertz CT molecular complexity index is 828. The highest BCUT2D eigenvalue weighted by molar-refractivity contribution is 7.10. The number of ether oxygens (including phenoxy) is 3. The zero-order valence-corrected chi connectivity index (χ0v) is 17.1. The molecular weight excluding hydrogens is 384 g/mol. The average molecular weight is 408 g/mol. The number of hydrogen-bond acceptors (Lipinski definition) is 7. The van der Waals surface area contributed by atoms with E-state index < -0.39 is 23.9 Å². The van der Waals surface area contributed by atoms with Gasteiger partial charge in [0.1, 0.15) is 12.3 Å². The first-order valence-corrected chi connectivity index (χ1v) is 9.53. The van der Waals surface area contributed by atoms with Gasteiger partial charge in [0.15, 0.2) is 0 Å². The van der Waals surface area contributed by atoms with E-state index in [1.54, 1.807) is 13.8 Å². The number of thiophene rings is 1. The van der Waals surface area contributed by atoms with Gasteiger partial charge in [0.2, 0.25) is 0 Å². The Hall–Kier alpha value is -2.65. The van der Waals surface area contributed by atoms with Gasteiger partial charge in [0.25, 0.3) is 5.91 Å². The van der Waals surface area contributed by atoms with E-state index in [9.17, 15) is 14.4 Å². The van der Waals surface area contributed by atoms with Crippen LogP contribution in [0.5, 0.6) is 0 Å². The number of nitrogens with one attached hydrogen (secondary N) is 2. The van der Waals surface area contributed by atoms with Gasteiger partial charge >= 0.3 is 11.9 Å². The van der Waals surface area contributed by atoms with Crippen LogP contribution in [0.2, 0.25) is 0 Å². The van der Waals surface area contributed by atoms with Gasteiger partial charge in [-0.3, -0.25) is 9.59 Å². The van der Waals surface area contributed by atoms with Crippen molar-refractivity contribution in [3.05, 3.63) is 44.9 Å². The second-order valence-corrected chi connectivity index (χ2v) is 7.05. The Morgan fingerprint density at radius 2 is 1.96 bits per heavy atom. The summed E-state index contributed by atoms with van der Waals surface area (Å²) in [6.45, 7) is 3.78. The number of methoxy groups -OCH3 is 2. The van der Waals surface area contributed by atoms with Crippen molar-refractivity contribution in [2.75, 3.05) is 27.4 Å². The summed E-state index contributed by atoms with van der Waals surface area (Å²) in [7, 11) is 2.82. The number of rotatable bonds is 9. The summed E-state index contributed by atoms with van der Waals surface area (Å²) in [5.41, 5.74) is 1.59. The lowest BCUT2D eigenvalue weighted by molar-refractivity contribution is -0.141. The quantitative estimate of drug-likeness (QED) is 0.488. The monoisotopic (exact) mass is 408 g/mol. The molecule has 2 aromatic rings. The van der Waals surface area contributed by atoms with Gasteiger partial charge in [-0.1, -0.05) is 6.07 Å². The number of aryl methyl sites for hydroxylation is 1. The van der Waals surface area contributed by atoms with E-state index in [-0.39, 0.29) is 25.3 Å². The summed E-state index contributed by atoms with van der Waals surface area (Å²) in [6.07, 6.45) is 0.00735. The van der Waals surface area contributed by atoms with Gasteiger partial charge in [-0.25, -0.2) is 4.79 Å². The first kappa shape index (κ1) is 21.6. The highest BCUT2D eigenvalue weighted by Crippen LogP contribution is 2.24. The number of H-pyrrole nitrogens is 1. The summed E-state index contributed by atoms with van der Waals surface area (Å²) in [4.78, 5) is 40.6. The first-order valence-electron chi connectivity index (χ1n) is 8.65. The number of carbonyl (C=O) groups is 3. The Morgan fingerprint density at radius 3 is 2.57 bits per heavy atom. The molecule has 28 heavy (non-hydrogen) atoms. The van der Waals surface area contributed by atoms with E-state index in [0.717, 1.165) is 4.88 Å². The Morgan fingerprint density at radius 1 is 1.21 bits per heavy atom. The van der Waals surface area contributed by atoms with Crippen LogP contribution in [0.25, 0.3) is 0 Å². The third kappa shape index (κ3) is 5.20. The highest BCUT2D eigenvalue weighted by atomic mass is 32.1. The van der Waals surface area contributed by atoms with Crippen molar-refractivity contribution in [3.63, 3.8) is 0 Å². The van der Waals surface area contributed by atoms with Crippen LogP contribution in [0, 0.1) is 13.8 Å². The minimum absolute atomic E-state index is 0.00735. The van der Waals surface area contributed by atoms with Gasteiger partial charge in [-0.15, -0.1) is 11.3 Å². The van der Waals surface area contributed by atoms with Crippen molar-refractivity contribution in [2.45, 2.75) is 26.3 Å². The van der Waals surface area contributed by atoms with E-state index in [1.807, 2.05) is 17.5 Å².